The molecule has 4 rings (SSSR count). The van der Waals surface area contributed by atoms with Crippen LogP contribution in [0.5, 0.6) is 11.5 Å². The van der Waals surface area contributed by atoms with Gasteiger partial charge < -0.3 is 9.47 Å². The average molecular weight is 322 g/mol. The van der Waals surface area contributed by atoms with E-state index in [2.05, 4.69) is 10.2 Å². The molecule has 120 valence electrons. The van der Waals surface area contributed by atoms with Gasteiger partial charge in [0.1, 0.15) is 5.82 Å². The lowest BCUT2D eigenvalue weighted by Crippen LogP contribution is -2.03. The van der Waals surface area contributed by atoms with Gasteiger partial charge in [-0.1, -0.05) is 18.2 Å². The first-order chi connectivity index (χ1) is 11.7. The van der Waals surface area contributed by atoms with Gasteiger partial charge in [0, 0.05) is 17.7 Å². The third kappa shape index (κ3) is 2.80. The predicted octanol–water partition coefficient (Wildman–Crippen LogP) is 3.99. The third-order valence-electron chi connectivity index (χ3n) is 3.95. The van der Waals surface area contributed by atoms with Crippen LogP contribution in [-0.4, -0.2) is 18.2 Å². The summed E-state index contributed by atoms with van der Waals surface area (Å²) >= 11 is 0. The van der Waals surface area contributed by atoms with Gasteiger partial charge >= 0.3 is 0 Å². The fourth-order valence-corrected chi connectivity index (χ4v) is 2.74. The number of rotatable bonds is 2. The SMILES string of the molecule is CC1=NN=C(/C=C/c2ccc(F)cc2)c2cc3c(cc2C1)OCO3. The van der Waals surface area contributed by atoms with E-state index in [9.17, 15) is 4.39 Å². The second-order valence-electron chi connectivity index (χ2n) is 5.74. The topological polar surface area (TPSA) is 43.2 Å². The Kier molecular flexibility index (Phi) is 3.61. The van der Waals surface area contributed by atoms with Crippen molar-refractivity contribution in [2.24, 2.45) is 10.2 Å². The second-order valence-corrected chi connectivity index (χ2v) is 5.74. The average Bonchev–Trinajstić information content (AvgIpc) is 2.97. The molecule has 0 radical (unpaired) electrons. The summed E-state index contributed by atoms with van der Waals surface area (Å²) in [7, 11) is 0. The summed E-state index contributed by atoms with van der Waals surface area (Å²) in [5, 5.41) is 8.61. The van der Waals surface area contributed by atoms with Gasteiger partial charge in [-0.3, -0.25) is 0 Å². The van der Waals surface area contributed by atoms with Crippen LogP contribution in [0.3, 0.4) is 0 Å². The van der Waals surface area contributed by atoms with Gasteiger partial charge in [-0.05, 0) is 48.4 Å². The van der Waals surface area contributed by atoms with E-state index in [1.54, 1.807) is 12.1 Å². The van der Waals surface area contributed by atoms with Crippen molar-refractivity contribution < 1.29 is 13.9 Å². The highest BCUT2D eigenvalue weighted by molar-refractivity contribution is 6.13. The Morgan fingerprint density at radius 3 is 2.54 bits per heavy atom. The summed E-state index contributed by atoms with van der Waals surface area (Å²) < 4.78 is 23.9. The Labute approximate surface area is 138 Å². The molecule has 4 nitrogen and oxygen atoms in total. The fraction of sp³-hybridized carbons (Fsp3) is 0.158. The lowest BCUT2D eigenvalue weighted by Gasteiger charge is -2.08. The van der Waals surface area contributed by atoms with Crippen LogP contribution in [0.25, 0.3) is 6.08 Å². The molecular formula is C19H15FN2O2. The molecule has 0 atom stereocenters. The Balaban J connectivity index is 1.74. The number of fused-ring (bicyclic) bond motifs is 2. The Morgan fingerprint density at radius 1 is 1.00 bits per heavy atom. The summed E-state index contributed by atoms with van der Waals surface area (Å²) in [4.78, 5) is 0. The minimum atomic E-state index is -0.253. The Bertz CT molecular complexity index is 883. The molecule has 0 spiro atoms. The zero-order chi connectivity index (χ0) is 16.5. The molecule has 0 aliphatic carbocycles. The van der Waals surface area contributed by atoms with Crippen molar-refractivity contribution in [3.8, 4) is 11.5 Å². The fourth-order valence-electron chi connectivity index (χ4n) is 2.74. The first-order valence-corrected chi connectivity index (χ1v) is 7.67. The molecule has 0 bridgehead atoms. The molecule has 0 saturated heterocycles. The maximum atomic E-state index is 13.0. The van der Waals surface area contributed by atoms with Gasteiger partial charge in [0.25, 0.3) is 0 Å². The van der Waals surface area contributed by atoms with Crippen LogP contribution >= 0.6 is 0 Å². The van der Waals surface area contributed by atoms with Crippen molar-refractivity contribution in [2.45, 2.75) is 13.3 Å². The quantitative estimate of drug-likeness (QED) is 0.839. The zero-order valence-corrected chi connectivity index (χ0v) is 13.1. The summed E-state index contributed by atoms with van der Waals surface area (Å²) in [6, 6.07) is 10.2. The van der Waals surface area contributed by atoms with Crippen LogP contribution in [0.2, 0.25) is 0 Å². The number of benzene rings is 2. The van der Waals surface area contributed by atoms with Crippen LogP contribution in [0, 0.1) is 5.82 Å². The molecule has 0 aromatic heterocycles. The van der Waals surface area contributed by atoms with Gasteiger partial charge in [-0.2, -0.15) is 10.2 Å². The van der Waals surface area contributed by atoms with Crippen LogP contribution in [-0.2, 0) is 6.42 Å². The van der Waals surface area contributed by atoms with Crippen LogP contribution in [0.4, 0.5) is 4.39 Å². The van der Waals surface area contributed by atoms with E-state index < -0.39 is 0 Å². The standard InChI is InChI=1S/C19H15FN2O2/c1-12-8-14-9-18-19(24-11-23-18)10-16(14)17(22-21-12)7-4-13-2-5-15(20)6-3-13/h2-7,9-10H,8,11H2,1H3/b7-4+. The minimum Gasteiger partial charge on any atom is -0.454 e. The largest absolute Gasteiger partial charge is 0.454 e. The van der Waals surface area contributed by atoms with Gasteiger partial charge in [0.05, 0.1) is 5.71 Å². The molecule has 2 aromatic rings. The highest BCUT2D eigenvalue weighted by atomic mass is 19.1. The number of nitrogens with zero attached hydrogens (tertiary/aromatic N) is 2. The van der Waals surface area contributed by atoms with E-state index >= 15 is 0 Å². The van der Waals surface area contributed by atoms with Crippen molar-refractivity contribution >= 4 is 17.5 Å². The maximum absolute atomic E-state index is 13.0. The van der Waals surface area contributed by atoms with Crippen molar-refractivity contribution in [1.82, 2.24) is 0 Å². The monoisotopic (exact) mass is 322 g/mol. The molecule has 2 aliphatic rings. The molecule has 0 unspecified atom stereocenters. The van der Waals surface area contributed by atoms with E-state index in [0.717, 1.165) is 39.6 Å². The highest BCUT2D eigenvalue weighted by Crippen LogP contribution is 2.36. The third-order valence-corrected chi connectivity index (χ3v) is 3.95. The Hall–Kier alpha value is -2.95. The molecule has 24 heavy (non-hydrogen) atoms. The molecule has 2 aromatic carbocycles. The zero-order valence-electron chi connectivity index (χ0n) is 13.1. The first kappa shape index (κ1) is 14.6. The summed E-state index contributed by atoms with van der Waals surface area (Å²) in [5.74, 6) is 1.22. The molecule has 0 amide bonds. The van der Waals surface area contributed by atoms with Crippen molar-refractivity contribution in [2.75, 3.05) is 6.79 Å². The number of hydrogen-bond donors (Lipinski definition) is 0. The number of allylic oxidation sites excluding steroid dienone is 1. The second kappa shape index (κ2) is 5.92. The highest BCUT2D eigenvalue weighted by Gasteiger charge is 2.20. The summed E-state index contributed by atoms with van der Waals surface area (Å²) in [6.45, 7) is 2.19. The van der Waals surface area contributed by atoms with Gasteiger partial charge in [-0.15, -0.1) is 0 Å². The maximum Gasteiger partial charge on any atom is 0.231 e. The van der Waals surface area contributed by atoms with Crippen LogP contribution in [0.1, 0.15) is 23.6 Å². The first-order valence-electron chi connectivity index (χ1n) is 7.67. The van der Waals surface area contributed by atoms with E-state index in [-0.39, 0.29) is 12.6 Å². The summed E-state index contributed by atoms with van der Waals surface area (Å²) in [5.41, 5.74) is 4.63. The Morgan fingerprint density at radius 2 is 1.75 bits per heavy atom. The van der Waals surface area contributed by atoms with E-state index in [4.69, 9.17) is 9.47 Å². The summed E-state index contributed by atoms with van der Waals surface area (Å²) in [6.07, 6.45) is 4.49. The van der Waals surface area contributed by atoms with Gasteiger partial charge in [-0.25, -0.2) is 4.39 Å². The number of halogens is 1. The van der Waals surface area contributed by atoms with Crippen molar-refractivity contribution in [3.63, 3.8) is 0 Å². The van der Waals surface area contributed by atoms with Crippen molar-refractivity contribution in [3.05, 3.63) is 65.0 Å². The van der Waals surface area contributed by atoms with Crippen LogP contribution < -0.4 is 9.47 Å². The smallest absolute Gasteiger partial charge is 0.231 e. The van der Waals surface area contributed by atoms with E-state index in [1.807, 2.05) is 31.2 Å². The van der Waals surface area contributed by atoms with Gasteiger partial charge in [0.2, 0.25) is 6.79 Å². The molecule has 2 heterocycles. The van der Waals surface area contributed by atoms with Crippen LogP contribution in [0.15, 0.2) is 52.7 Å². The predicted molar refractivity (Wildman–Crippen MR) is 91.3 cm³/mol. The van der Waals surface area contributed by atoms with Gasteiger partial charge in [0.15, 0.2) is 11.5 Å². The lowest BCUT2D eigenvalue weighted by atomic mass is 9.97. The van der Waals surface area contributed by atoms with E-state index in [1.165, 1.54) is 12.1 Å². The molecule has 2 aliphatic heterocycles. The molecule has 0 fully saturated rings. The normalized spacial score (nSPS) is 15.8. The lowest BCUT2D eigenvalue weighted by molar-refractivity contribution is 0.174. The number of ether oxygens (including phenoxy) is 2. The van der Waals surface area contributed by atoms with E-state index in [0.29, 0.717) is 6.42 Å². The number of hydrogen-bond acceptors (Lipinski definition) is 4. The molecule has 0 N–H and O–H groups in total. The molecule has 5 heteroatoms. The van der Waals surface area contributed by atoms with Crippen molar-refractivity contribution in [1.29, 1.82) is 0 Å². The molecular weight excluding hydrogens is 307 g/mol. The minimum absolute atomic E-state index is 0.239. The molecule has 0 saturated carbocycles.